The molecule has 0 spiro atoms. The van der Waals surface area contributed by atoms with Gasteiger partial charge in [0.25, 0.3) is 0 Å². The van der Waals surface area contributed by atoms with E-state index in [1.165, 1.54) is 16.9 Å². The third-order valence-corrected chi connectivity index (χ3v) is 6.69. The van der Waals surface area contributed by atoms with Crippen LogP contribution >= 0.6 is 11.3 Å². The zero-order chi connectivity index (χ0) is 18.0. The molecule has 6 nitrogen and oxygen atoms in total. The van der Waals surface area contributed by atoms with Gasteiger partial charge in [-0.15, -0.1) is 11.3 Å². The number of nitrogens with zero attached hydrogens (tertiary/aromatic N) is 1. The van der Waals surface area contributed by atoms with Crippen molar-refractivity contribution in [2.24, 2.45) is 0 Å². The monoisotopic (exact) mass is 379 g/mol. The molecule has 2 heterocycles. The fourth-order valence-electron chi connectivity index (χ4n) is 2.73. The van der Waals surface area contributed by atoms with E-state index in [-0.39, 0.29) is 17.5 Å². The van der Waals surface area contributed by atoms with Crippen molar-refractivity contribution >= 4 is 32.3 Å². The first-order valence-electron chi connectivity index (χ1n) is 8.16. The summed E-state index contributed by atoms with van der Waals surface area (Å²) in [7, 11) is -3.01. The van der Waals surface area contributed by atoms with E-state index >= 15 is 0 Å². The summed E-state index contributed by atoms with van der Waals surface area (Å²) in [6.45, 7) is 4.29. The van der Waals surface area contributed by atoms with Crippen LogP contribution in [0.2, 0.25) is 0 Å². The smallest absolute Gasteiger partial charge is 0.321 e. The second kappa shape index (κ2) is 7.13. The van der Waals surface area contributed by atoms with Crippen LogP contribution in [0.25, 0.3) is 11.3 Å². The summed E-state index contributed by atoms with van der Waals surface area (Å²) in [6, 6.07) is 7.47. The predicted molar refractivity (Wildman–Crippen MR) is 101 cm³/mol. The summed E-state index contributed by atoms with van der Waals surface area (Å²) in [5.41, 5.74) is 3.07. The standard InChI is InChI=1S/C17H21N3O3S2/c1-11(2)12-3-5-13(6-4-12)15-9-24-17(19-15)20-16(21)18-14-7-8-25(22,23)10-14/h3-6,9,11,14H,7-8,10H2,1-2H3,(H2,18,19,20,21)/t14-/m0/s1. The van der Waals surface area contributed by atoms with Crippen LogP contribution in [0.1, 0.15) is 31.7 Å². The maximum absolute atomic E-state index is 12.0. The second-order valence-electron chi connectivity index (χ2n) is 6.51. The minimum absolute atomic E-state index is 0.00569. The molecule has 0 aliphatic carbocycles. The maximum Gasteiger partial charge on any atom is 0.321 e. The number of urea groups is 1. The molecule has 1 atom stereocenters. The van der Waals surface area contributed by atoms with Crippen molar-refractivity contribution < 1.29 is 13.2 Å². The normalized spacial score (nSPS) is 19.1. The SMILES string of the molecule is CC(C)c1ccc(-c2csc(NC(=O)N[C@H]3CCS(=O)(=O)C3)n2)cc1. The lowest BCUT2D eigenvalue weighted by molar-refractivity contribution is 0.249. The second-order valence-corrected chi connectivity index (χ2v) is 9.60. The van der Waals surface area contributed by atoms with E-state index in [0.717, 1.165) is 11.3 Å². The van der Waals surface area contributed by atoms with Crippen molar-refractivity contribution in [3.63, 3.8) is 0 Å². The molecule has 0 bridgehead atoms. The van der Waals surface area contributed by atoms with E-state index < -0.39 is 15.9 Å². The molecule has 8 heteroatoms. The van der Waals surface area contributed by atoms with Gasteiger partial charge in [0, 0.05) is 17.0 Å². The summed E-state index contributed by atoms with van der Waals surface area (Å²) < 4.78 is 22.8. The largest absolute Gasteiger partial charge is 0.334 e. The Morgan fingerprint density at radius 2 is 2.00 bits per heavy atom. The number of benzene rings is 1. The highest BCUT2D eigenvalue weighted by atomic mass is 32.2. The zero-order valence-electron chi connectivity index (χ0n) is 14.2. The Labute approximate surface area is 151 Å². The number of carbonyl (C=O) groups excluding carboxylic acids is 1. The summed E-state index contributed by atoms with van der Waals surface area (Å²) >= 11 is 1.34. The minimum Gasteiger partial charge on any atom is -0.334 e. The lowest BCUT2D eigenvalue weighted by Crippen LogP contribution is -2.38. The average Bonchev–Trinajstić information content (AvgIpc) is 3.13. The van der Waals surface area contributed by atoms with Crippen LogP contribution in [0, 0.1) is 0 Å². The van der Waals surface area contributed by atoms with Crippen molar-refractivity contribution in [2.45, 2.75) is 32.2 Å². The minimum atomic E-state index is -3.01. The van der Waals surface area contributed by atoms with E-state index in [1.807, 2.05) is 17.5 Å². The highest BCUT2D eigenvalue weighted by Gasteiger charge is 2.29. The van der Waals surface area contributed by atoms with Gasteiger partial charge in [-0.1, -0.05) is 38.1 Å². The van der Waals surface area contributed by atoms with Gasteiger partial charge in [-0.05, 0) is 17.9 Å². The van der Waals surface area contributed by atoms with Crippen LogP contribution < -0.4 is 10.6 Å². The molecule has 2 aromatic rings. The lowest BCUT2D eigenvalue weighted by Gasteiger charge is -2.10. The van der Waals surface area contributed by atoms with E-state index in [1.54, 1.807) is 0 Å². The third-order valence-electron chi connectivity index (χ3n) is 4.17. The molecule has 0 radical (unpaired) electrons. The van der Waals surface area contributed by atoms with Gasteiger partial charge < -0.3 is 5.32 Å². The molecule has 1 aromatic heterocycles. The first kappa shape index (κ1) is 17.9. The molecule has 134 valence electrons. The molecule has 2 N–H and O–H groups in total. The van der Waals surface area contributed by atoms with Crippen LogP contribution in [-0.4, -0.2) is 37.0 Å². The quantitative estimate of drug-likeness (QED) is 0.853. The Balaban J connectivity index is 1.60. The Hall–Kier alpha value is -1.93. The number of hydrogen-bond acceptors (Lipinski definition) is 5. The molecule has 1 aliphatic rings. The van der Waals surface area contributed by atoms with E-state index in [9.17, 15) is 13.2 Å². The number of anilines is 1. The number of sulfone groups is 1. The van der Waals surface area contributed by atoms with Gasteiger partial charge >= 0.3 is 6.03 Å². The molecule has 1 aromatic carbocycles. The van der Waals surface area contributed by atoms with Crippen molar-refractivity contribution in [3.8, 4) is 11.3 Å². The Bertz CT molecular complexity index is 858. The summed E-state index contributed by atoms with van der Waals surface area (Å²) in [5, 5.41) is 7.74. The fraction of sp³-hybridized carbons (Fsp3) is 0.412. The third kappa shape index (κ3) is 4.58. The van der Waals surface area contributed by atoms with Crippen LogP contribution in [0.4, 0.5) is 9.93 Å². The predicted octanol–water partition coefficient (Wildman–Crippen LogP) is 3.24. The maximum atomic E-state index is 12.0. The first-order valence-corrected chi connectivity index (χ1v) is 10.9. The molecule has 2 amide bonds. The number of thiazole rings is 1. The Morgan fingerprint density at radius 3 is 2.60 bits per heavy atom. The first-order chi connectivity index (χ1) is 11.8. The van der Waals surface area contributed by atoms with Gasteiger partial charge in [0.05, 0.1) is 17.2 Å². The van der Waals surface area contributed by atoms with Crippen LogP contribution in [0.3, 0.4) is 0 Å². The average molecular weight is 380 g/mol. The van der Waals surface area contributed by atoms with Crippen molar-refractivity contribution in [1.82, 2.24) is 10.3 Å². The van der Waals surface area contributed by atoms with Gasteiger partial charge in [-0.25, -0.2) is 18.2 Å². The van der Waals surface area contributed by atoms with Crippen LogP contribution in [-0.2, 0) is 9.84 Å². The van der Waals surface area contributed by atoms with E-state index in [0.29, 0.717) is 17.5 Å². The number of carbonyl (C=O) groups is 1. The molecule has 1 fully saturated rings. The number of hydrogen-bond donors (Lipinski definition) is 2. The highest BCUT2D eigenvalue weighted by molar-refractivity contribution is 7.91. The lowest BCUT2D eigenvalue weighted by atomic mass is 10.0. The van der Waals surface area contributed by atoms with Crippen LogP contribution in [0.15, 0.2) is 29.6 Å². The fourth-order valence-corrected chi connectivity index (χ4v) is 5.12. The molecule has 0 unspecified atom stereocenters. The summed E-state index contributed by atoms with van der Waals surface area (Å²) in [5.74, 6) is 0.613. The van der Waals surface area contributed by atoms with Crippen molar-refractivity contribution in [1.29, 1.82) is 0 Å². The highest BCUT2D eigenvalue weighted by Crippen LogP contribution is 2.26. The van der Waals surface area contributed by atoms with Gasteiger partial charge in [-0.3, -0.25) is 5.32 Å². The van der Waals surface area contributed by atoms with Crippen molar-refractivity contribution in [3.05, 3.63) is 35.2 Å². The number of aromatic nitrogens is 1. The van der Waals surface area contributed by atoms with E-state index in [2.05, 4.69) is 41.6 Å². The molecule has 1 saturated heterocycles. The Kier molecular flexibility index (Phi) is 5.10. The number of rotatable bonds is 4. The molecule has 3 rings (SSSR count). The zero-order valence-corrected chi connectivity index (χ0v) is 15.8. The number of nitrogens with one attached hydrogen (secondary N) is 2. The molecular formula is C17H21N3O3S2. The molecular weight excluding hydrogens is 358 g/mol. The Morgan fingerprint density at radius 1 is 1.28 bits per heavy atom. The number of amides is 2. The topological polar surface area (TPSA) is 88.2 Å². The summed E-state index contributed by atoms with van der Waals surface area (Å²) in [4.78, 5) is 16.4. The van der Waals surface area contributed by atoms with Gasteiger partial charge in [-0.2, -0.15) is 0 Å². The summed E-state index contributed by atoms with van der Waals surface area (Å²) in [6.07, 6.45) is 0.459. The van der Waals surface area contributed by atoms with Crippen molar-refractivity contribution in [2.75, 3.05) is 16.8 Å². The molecule has 1 aliphatic heterocycles. The van der Waals surface area contributed by atoms with E-state index in [4.69, 9.17) is 0 Å². The van der Waals surface area contributed by atoms with Crippen LogP contribution in [0.5, 0.6) is 0 Å². The molecule has 0 saturated carbocycles. The molecule has 25 heavy (non-hydrogen) atoms. The van der Waals surface area contributed by atoms with Gasteiger partial charge in [0.1, 0.15) is 0 Å². The van der Waals surface area contributed by atoms with Gasteiger partial charge in [0.15, 0.2) is 15.0 Å². The van der Waals surface area contributed by atoms with Gasteiger partial charge in [0.2, 0.25) is 0 Å².